The standard InChI is InChI=1S/C31H27N7O3/c1-2-28(40)38-25-15-20(8-11-26(25)41-13-12-39)22-17-32-30-29(22)31(34-18-33-30)35-21-9-10-23-24(16-21)37-27(36-23)14-19-6-4-3-5-7-19/h2-11,15-18,39H,1,12-14H2,(H,36,37)(H,38,40)(H2,32,33,34,35). The maximum absolute atomic E-state index is 12.1. The Morgan fingerprint density at radius 3 is 2.78 bits per heavy atom. The molecule has 41 heavy (non-hydrogen) atoms. The van der Waals surface area contributed by atoms with Crippen LogP contribution in [0.25, 0.3) is 33.2 Å². The molecule has 3 aromatic heterocycles. The van der Waals surface area contributed by atoms with Crippen LogP contribution < -0.4 is 15.4 Å². The zero-order valence-electron chi connectivity index (χ0n) is 22.0. The number of aromatic amines is 2. The number of rotatable bonds is 10. The Morgan fingerprint density at radius 1 is 1.07 bits per heavy atom. The van der Waals surface area contributed by atoms with Gasteiger partial charge in [0.1, 0.15) is 36.0 Å². The van der Waals surface area contributed by atoms with Crippen molar-refractivity contribution >= 4 is 45.2 Å². The Kier molecular flexibility index (Phi) is 7.12. The van der Waals surface area contributed by atoms with Crippen LogP contribution in [-0.4, -0.2) is 49.1 Å². The van der Waals surface area contributed by atoms with Gasteiger partial charge in [-0.05, 0) is 47.5 Å². The van der Waals surface area contributed by atoms with E-state index in [2.05, 4.69) is 49.3 Å². The van der Waals surface area contributed by atoms with Gasteiger partial charge < -0.3 is 30.4 Å². The number of hydrogen-bond donors (Lipinski definition) is 5. The van der Waals surface area contributed by atoms with Gasteiger partial charge in [-0.15, -0.1) is 0 Å². The maximum Gasteiger partial charge on any atom is 0.247 e. The van der Waals surface area contributed by atoms with Gasteiger partial charge in [0.25, 0.3) is 0 Å². The number of carbonyl (C=O) groups is 1. The highest BCUT2D eigenvalue weighted by Crippen LogP contribution is 2.37. The van der Waals surface area contributed by atoms with E-state index in [1.807, 2.05) is 48.7 Å². The number of aliphatic hydroxyl groups is 1. The summed E-state index contributed by atoms with van der Waals surface area (Å²) in [4.78, 5) is 32.4. The van der Waals surface area contributed by atoms with E-state index in [4.69, 9.17) is 9.72 Å². The molecular formula is C31H27N7O3. The fourth-order valence-electron chi connectivity index (χ4n) is 4.70. The molecule has 0 atom stereocenters. The van der Waals surface area contributed by atoms with Crippen molar-refractivity contribution in [2.45, 2.75) is 6.42 Å². The number of amides is 1. The fourth-order valence-corrected chi connectivity index (χ4v) is 4.70. The summed E-state index contributed by atoms with van der Waals surface area (Å²) in [5.74, 6) is 1.58. The summed E-state index contributed by atoms with van der Waals surface area (Å²) in [6, 6.07) is 21.6. The molecule has 0 aliphatic heterocycles. The number of hydrogen-bond acceptors (Lipinski definition) is 7. The minimum atomic E-state index is -0.373. The van der Waals surface area contributed by atoms with E-state index in [-0.39, 0.29) is 19.1 Å². The number of fused-ring (bicyclic) bond motifs is 2. The third-order valence-electron chi connectivity index (χ3n) is 6.56. The monoisotopic (exact) mass is 545 g/mol. The van der Waals surface area contributed by atoms with Crippen molar-refractivity contribution in [3.63, 3.8) is 0 Å². The van der Waals surface area contributed by atoms with Crippen LogP contribution in [0, 0.1) is 0 Å². The molecule has 204 valence electrons. The molecule has 0 unspecified atom stereocenters. The van der Waals surface area contributed by atoms with Crippen molar-refractivity contribution in [2.75, 3.05) is 23.8 Å². The molecule has 1 amide bonds. The third-order valence-corrected chi connectivity index (χ3v) is 6.56. The van der Waals surface area contributed by atoms with Gasteiger partial charge in [0.2, 0.25) is 5.91 Å². The first-order chi connectivity index (χ1) is 20.1. The van der Waals surface area contributed by atoms with E-state index >= 15 is 0 Å². The number of nitrogens with one attached hydrogen (secondary N) is 4. The van der Waals surface area contributed by atoms with Gasteiger partial charge in [-0.1, -0.05) is 43.0 Å². The number of imidazole rings is 1. The van der Waals surface area contributed by atoms with E-state index in [0.29, 0.717) is 22.9 Å². The molecule has 10 nitrogen and oxygen atoms in total. The molecule has 0 bridgehead atoms. The minimum absolute atomic E-state index is 0.0969. The lowest BCUT2D eigenvalue weighted by Gasteiger charge is -2.13. The van der Waals surface area contributed by atoms with E-state index in [9.17, 15) is 9.90 Å². The SMILES string of the molecule is C=CC(=O)Nc1cc(-c2c[nH]c3ncnc(Nc4ccc5nc(Cc6ccccc6)[nH]c5c4)c23)ccc1OCCO. The summed E-state index contributed by atoms with van der Waals surface area (Å²) < 4.78 is 5.61. The first-order valence-electron chi connectivity index (χ1n) is 13.0. The van der Waals surface area contributed by atoms with E-state index in [1.54, 1.807) is 12.1 Å². The second-order valence-corrected chi connectivity index (χ2v) is 9.33. The zero-order chi connectivity index (χ0) is 28.2. The Balaban J connectivity index is 1.33. The van der Waals surface area contributed by atoms with Crippen molar-refractivity contribution in [1.82, 2.24) is 24.9 Å². The van der Waals surface area contributed by atoms with Crippen molar-refractivity contribution < 1.29 is 14.6 Å². The number of carbonyl (C=O) groups excluding carboxylic acids is 1. The lowest BCUT2D eigenvalue weighted by Crippen LogP contribution is -2.10. The van der Waals surface area contributed by atoms with Crippen LogP contribution in [0.4, 0.5) is 17.2 Å². The van der Waals surface area contributed by atoms with Crippen LogP contribution in [0.5, 0.6) is 5.75 Å². The molecule has 5 N–H and O–H groups in total. The van der Waals surface area contributed by atoms with Gasteiger partial charge in [0.05, 0.1) is 28.7 Å². The molecular weight excluding hydrogens is 518 g/mol. The van der Waals surface area contributed by atoms with Crippen molar-refractivity contribution in [3.05, 3.63) is 103 Å². The molecule has 0 spiro atoms. The summed E-state index contributed by atoms with van der Waals surface area (Å²) >= 11 is 0. The topological polar surface area (TPSA) is 141 Å². The number of H-pyrrole nitrogens is 2. The molecule has 6 rings (SSSR count). The minimum Gasteiger partial charge on any atom is -0.489 e. The van der Waals surface area contributed by atoms with Gasteiger partial charge in [-0.25, -0.2) is 15.0 Å². The molecule has 3 heterocycles. The van der Waals surface area contributed by atoms with Crippen molar-refractivity contribution in [2.24, 2.45) is 0 Å². The van der Waals surface area contributed by atoms with Crippen molar-refractivity contribution in [3.8, 4) is 16.9 Å². The number of aliphatic hydroxyl groups excluding tert-OH is 1. The second-order valence-electron chi connectivity index (χ2n) is 9.33. The average molecular weight is 546 g/mol. The quantitative estimate of drug-likeness (QED) is 0.147. The first-order valence-corrected chi connectivity index (χ1v) is 13.0. The fraction of sp³-hybridized carbons (Fsp3) is 0.0968. The lowest BCUT2D eigenvalue weighted by atomic mass is 10.0. The van der Waals surface area contributed by atoms with Crippen LogP contribution in [0.15, 0.2) is 91.9 Å². The first kappa shape index (κ1) is 25.8. The predicted octanol–water partition coefficient (Wildman–Crippen LogP) is 5.33. The molecule has 6 aromatic rings. The molecule has 0 aliphatic rings. The highest BCUT2D eigenvalue weighted by Gasteiger charge is 2.16. The number of ether oxygens (including phenoxy) is 1. The summed E-state index contributed by atoms with van der Waals surface area (Å²) in [5.41, 5.74) is 6.58. The number of nitrogens with zero attached hydrogens (tertiary/aromatic N) is 3. The molecule has 0 saturated carbocycles. The van der Waals surface area contributed by atoms with Crippen LogP contribution >= 0.6 is 0 Å². The number of anilines is 3. The Bertz CT molecular complexity index is 1860. The largest absolute Gasteiger partial charge is 0.489 e. The molecule has 3 aromatic carbocycles. The normalized spacial score (nSPS) is 11.0. The smallest absolute Gasteiger partial charge is 0.247 e. The van der Waals surface area contributed by atoms with Crippen molar-refractivity contribution in [1.29, 1.82) is 0 Å². The van der Waals surface area contributed by atoms with Crippen LogP contribution in [0.3, 0.4) is 0 Å². The van der Waals surface area contributed by atoms with Gasteiger partial charge >= 0.3 is 0 Å². The average Bonchev–Trinajstić information content (AvgIpc) is 3.61. The molecule has 0 saturated heterocycles. The van der Waals surface area contributed by atoms with Crippen LogP contribution in [0.1, 0.15) is 11.4 Å². The van der Waals surface area contributed by atoms with Gasteiger partial charge in [0, 0.05) is 23.9 Å². The van der Waals surface area contributed by atoms with Crippen LogP contribution in [-0.2, 0) is 11.2 Å². The molecule has 0 radical (unpaired) electrons. The summed E-state index contributed by atoms with van der Waals surface area (Å²) in [7, 11) is 0. The lowest BCUT2D eigenvalue weighted by molar-refractivity contribution is -0.111. The van der Waals surface area contributed by atoms with E-state index < -0.39 is 0 Å². The maximum atomic E-state index is 12.1. The summed E-state index contributed by atoms with van der Waals surface area (Å²) in [5, 5.41) is 16.2. The van der Waals surface area contributed by atoms with E-state index in [0.717, 1.165) is 45.5 Å². The van der Waals surface area contributed by atoms with E-state index in [1.165, 1.54) is 18.0 Å². The van der Waals surface area contributed by atoms with Gasteiger partial charge in [-0.2, -0.15) is 0 Å². The second kappa shape index (κ2) is 11.3. The zero-order valence-corrected chi connectivity index (χ0v) is 22.0. The molecule has 0 aliphatic carbocycles. The van der Waals surface area contributed by atoms with Gasteiger partial charge in [-0.3, -0.25) is 4.79 Å². The highest BCUT2D eigenvalue weighted by molar-refractivity contribution is 6.04. The predicted molar refractivity (Wildman–Crippen MR) is 159 cm³/mol. The Labute approximate surface area is 235 Å². The summed E-state index contributed by atoms with van der Waals surface area (Å²) in [6.45, 7) is 3.47. The number of aromatic nitrogens is 5. The molecule has 10 heteroatoms. The Hall–Kier alpha value is -5.48. The highest BCUT2D eigenvalue weighted by atomic mass is 16.5. The van der Waals surface area contributed by atoms with Crippen LogP contribution in [0.2, 0.25) is 0 Å². The van der Waals surface area contributed by atoms with Gasteiger partial charge in [0.15, 0.2) is 0 Å². The third kappa shape index (κ3) is 5.49. The summed E-state index contributed by atoms with van der Waals surface area (Å²) in [6.07, 6.45) is 5.25. The molecule has 0 fully saturated rings. The number of benzene rings is 3. The Morgan fingerprint density at radius 2 is 1.95 bits per heavy atom.